The number of hydrogen-bond donors (Lipinski definition) is 0. The molecule has 0 aromatic carbocycles. The van der Waals surface area contributed by atoms with Crippen molar-refractivity contribution in [3.05, 3.63) is 24.1 Å². The maximum atomic E-state index is 13.0. The predicted molar refractivity (Wildman–Crippen MR) is 89.6 cm³/mol. The van der Waals surface area contributed by atoms with Gasteiger partial charge in [-0.2, -0.15) is 0 Å². The molecule has 0 spiro atoms. The number of piperazine rings is 1. The average Bonchev–Trinajstić information content (AvgIpc) is 3.12. The minimum atomic E-state index is 0.159. The Balaban J connectivity index is 1.58. The molecule has 3 heterocycles. The maximum Gasteiger partial charge on any atom is 0.270 e. The van der Waals surface area contributed by atoms with E-state index in [0.717, 1.165) is 56.1 Å². The van der Waals surface area contributed by atoms with Crippen LogP contribution in [0, 0.1) is 5.92 Å². The van der Waals surface area contributed by atoms with Crippen LogP contribution in [0.25, 0.3) is 11.1 Å². The molecule has 5 nitrogen and oxygen atoms in total. The zero-order valence-corrected chi connectivity index (χ0v) is 13.8. The van der Waals surface area contributed by atoms with Gasteiger partial charge in [0.2, 0.25) is 0 Å². The molecule has 23 heavy (non-hydrogen) atoms. The Kier molecular flexibility index (Phi) is 3.89. The van der Waals surface area contributed by atoms with Gasteiger partial charge in [-0.1, -0.05) is 13.3 Å². The summed E-state index contributed by atoms with van der Waals surface area (Å²) >= 11 is 0. The Morgan fingerprint density at radius 3 is 2.70 bits per heavy atom. The third kappa shape index (κ3) is 2.67. The highest BCUT2D eigenvalue weighted by Gasteiger charge is 2.27. The zero-order valence-electron chi connectivity index (χ0n) is 13.8. The second kappa shape index (κ2) is 6.04. The Bertz CT molecular complexity index is 690. The number of carbonyl (C=O) groups is 1. The van der Waals surface area contributed by atoms with E-state index in [0.29, 0.717) is 5.92 Å². The van der Waals surface area contributed by atoms with E-state index in [4.69, 9.17) is 4.42 Å². The summed E-state index contributed by atoms with van der Waals surface area (Å²) in [6.45, 7) is 7.77. The highest BCUT2D eigenvalue weighted by atomic mass is 16.3. The van der Waals surface area contributed by atoms with Crippen molar-refractivity contribution < 1.29 is 9.21 Å². The molecule has 0 bridgehead atoms. The predicted octanol–water partition coefficient (Wildman–Crippen LogP) is 2.81. The van der Waals surface area contributed by atoms with Crippen LogP contribution < -0.4 is 0 Å². The smallest absolute Gasteiger partial charge is 0.270 e. The first kappa shape index (κ1) is 14.8. The number of aromatic nitrogens is 1. The highest BCUT2D eigenvalue weighted by molar-refractivity contribution is 5.97. The van der Waals surface area contributed by atoms with Crippen LogP contribution in [0.3, 0.4) is 0 Å². The summed E-state index contributed by atoms with van der Waals surface area (Å²) in [5.41, 5.74) is 2.70. The molecule has 5 heteroatoms. The van der Waals surface area contributed by atoms with Gasteiger partial charge in [0.05, 0.1) is 11.8 Å². The van der Waals surface area contributed by atoms with Gasteiger partial charge in [-0.3, -0.25) is 4.79 Å². The van der Waals surface area contributed by atoms with E-state index < -0.39 is 0 Å². The lowest BCUT2D eigenvalue weighted by molar-refractivity contribution is 0.0631. The first-order valence-corrected chi connectivity index (χ1v) is 8.84. The highest BCUT2D eigenvalue weighted by Crippen LogP contribution is 2.31. The fourth-order valence-electron chi connectivity index (χ4n) is 3.71. The van der Waals surface area contributed by atoms with Gasteiger partial charge in [0.25, 0.3) is 5.91 Å². The molecule has 1 amide bonds. The number of furan rings is 1. The van der Waals surface area contributed by atoms with Gasteiger partial charge < -0.3 is 18.8 Å². The largest absolute Gasteiger partial charge is 0.463 e. The summed E-state index contributed by atoms with van der Waals surface area (Å²) in [6, 6.07) is 3.92. The molecule has 1 saturated carbocycles. The summed E-state index contributed by atoms with van der Waals surface area (Å²) in [4.78, 5) is 17.4. The summed E-state index contributed by atoms with van der Waals surface area (Å²) in [7, 11) is 0. The van der Waals surface area contributed by atoms with Crippen molar-refractivity contribution in [1.29, 1.82) is 0 Å². The molecule has 0 atom stereocenters. The number of amides is 1. The SMILES string of the molecule is CCN1CCN(C(=O)c2cc3occc3n2CC2CCC2)CC1. The summed E-state index contributed by atoms with van der Waals surface area (Å²) < 4.78 is 7.74. The Labute approximate surface area is 136 Å². The lowest BCUT2D eigenvalue weighted by Gasteiger charge is -2.34. The van der Waals surface area contributed by atoms with E-state index in [1.165, 1.54) is 19.3 Å². The molecule has 4 rings (SSSR count). The van der Waals surface area contributed by atoms with Gasteiger partial charge in [0.15, 0.2) is 5.58 Å². The molecule has 2 fully saturated rings. The third-order valence-electron chi connectivity index (χ3n) is 5.51. The van der Waals surface area contributed by atoms with Gasteiger partial charge in [-0.05, 0) is 25.3 Å². The van der Waals surface area contributed by atoms with Crippen LogP contribution in [0.2, 0.25) is 0 Å². The number of rotatable bonds is 4. The number of nitrogens with zero attached hydrogens (tertiary/aromatic N) is 3. The molecule has 1 aliphatic carbocycles. The maximum absolute atomic E-state index is 13.0. The van der Waals surface area contributed by atoms with Crippen LogP contribution in [0.1, 0.15) is 36.7 Å². The topological polar surface area (TPSA) is 41.6 Å². The number of fused-ring (bicyclic) bond motifs is 1. The van der Waals surface area contributed by atoms with Gasteiger partial charge in [0, 0.05) is 44.9 Å². The van der Waals surface area contributed by atoms with E-state index >= 15 is 0 Å². The molecular formula is C18H25N3O2. The lowest BCUT2D eigenvalue weighted by Crippen LogP contribution is -2.48. The number of carbonyl (C=O) groups excluding carboxylic acids is 1. The van der Waals surface area contributed by atoms with E-state index in [-0.39, 0.29) is 5.91 Å². The Hall–Kier alpha value is -1.75. The van der Waals surface area contributed by atoms with Crippen LogP contribution in [0.15, 0.2) is 22.8 Å². The van der Waals surface area contributed by atoms with E-state index in [1.54, 1.807) is 6.26 Å². The number of hydrogen-bond acceptors (Lipinski definition) is 3. The molecule has 1 saturated heterocycles. The van der Waals surface area contributed by atoms with Crippen molar-refractivity contribution in [2.45, 2.75) is 32.7 Å². The summed E-state index contributed by atoms with van der Waals surface area (Å²) in [5, 5.41) is 0. The standard InChI is InChI=1S/C18H25N3O2/c1-2-19-7-9-20(10-8-19)18(22)16-12-17-15(6-11-23-17)21(16)13-14-4-3-5-14/h6,11-12,14H,2-5,7-10,13H2,1H3. The minimum Gasteiger partial charge on any atom is -0.463 e. The summed E-state index contributed by atoms with van der Waals surface area (Å²) in [6.07, 6.45) is 5.60. The molecule has 0 N–H and O–H groups in total. The van der Waals surface area contributed by atoms with Gasteiger partial charge in [-0.25, -0.2) is 0 Å². The van der Waals surface area contributed by atoms with Crippen molar-refractivity contribution in [2.75, 3.05) is 32.7 Å². The van der Waals surface area contributed by atoms with Crippen molar-refractivity contribution in [3.8, 4) is 0 Å². The van der Waals surface area contributed by atoms with E-state index in [9.17, 15) is 4.79 Å². The van der Waals surface area contributed by atoms with Crippen molar-refractivity contribution >= 4 is 17.0 Å². The average molecular weight is 315 g/mol. The van der Waals surface area contributed by atoms with Crippen LogP contribution in [-0.2, 0) is 6.54 Å². The van der Waals surface area contributed by atoms with E-state index in [1.807, 2.05) is 17.0 Å². The second-order valence-corrected chi connectivity index (χ2v) is 6.83. The normalized spacial score (nSPS) is 20.1. The molecule has 2 aromatic rings. The molecule has 0 radical (unpaired) electrons. The number of likely N-dealkylation sites (N-methyl/N-ethyl adjacent to an activating group) is 1. The Morgan fingerprint density at radius 2 is 2.04 bits per heavy atom. The van der Waals surface area contributed by atoms with Gasteiger partial charge >= 0.3 is 0 Å². The minimum absolute atomic E-state index is 0.159. The quantitative estimate of drug-likeness (QED) is 0.871. The van der Waals surface area contributed by atoms with Crippen LogP contribution >= 0.6 is 0 Å². The lowest BCUT2D eigenvalue weighted by atomic mass is 9.85. The third-order valence-corrected chi connectivity index (χ3v) is 5.51. The van der Waals surface area contributed by atoms with Crippen LogP contribution in [0.4, 0.5) is 0 Å². The van der Waals surface area contributed by atoms with Crippen LogP contribution in [-0.4, -0.2) is 53.0 Å². The fourth-order valence-corrected chi connectivity index (χ4v) is 3.71. The van der Waals surface area contributed by atoms with E-state index in [2.05, 4.69) is 16.4 Å². The van der Waals surface area contributed by atoms with Gasteiger partial charge in [-0.15, -0.1) is 0 Å². The second-order valence-electron chi connectivity index (χ2n) is 6.83. The van der Waals surface area contributed by atoms with Gasteiger partial charge in [0.1, 0.15) is 5.69 Å². The molecule has 2 aromatic heterocycles. The van der Waals surface area contributed by atoms with Crippen molar-refractivity contribution in [2.24, 2.45) is 5.92 Å². The molecule has 1 aliphatic heterocycles. The monoisotopic (exact) mass is 315 g/mol. The molecule has 0 unspecified atom stereocenters. The first-order chi connectivity index (χ1) is 11.3. The fraction of sp³-hybridized carbons (Fsp3) is 0.611. The Morgan fingerprint density at radius 1 is 1.26 bits per heavy atom. The molecule has 2 aliphatic rings. The zero-order chi connectivity index (χ0) is 15.8. The van der Waals surface area contributed by atoms with Crippen molar-refractivity contribution in [1.82, 2.24) is 14.4 Å². The van der Waals surface area contributed by atoms with Crippen molar-refractivity contribution in [3.63, 3.8) is 0 Å². The molecule has 124 valence electrons. The summed E-state index contributed by atoms with van der Waals surface area (Å²) in [5.74, 6) is 0.871. The first-order valence-electron chi connectivity index (χ1n) is 8.84. The molecular weight excluding hydrogens is 290 g/mol. The van der Waals surface area contributed by atoms with Crippen LogP contribution in [0.5, 0.6) is 0 Å².